The van der Waals surface area contributed by atoms with Crippen LogP contribution in [0.4, 0.5) is 0 Å². The molecular formula is C17H24N2S. The Morgan fingerprint density at radius 3 is 2.15 bits per heavy atom. The van der Waals surface area contributed by atoms with Crippen LogP contribution in [0.3, 0.4) is 0 Å². The Labute approximate surface area is 126 Å². The van der Waals surface area contributed by atoms with E-state index in [4.69, 9.17) is 10.7 Å². The Morgan fingerprint density at radius 2 is 1.65 bits per heavy atom. The van der Waals surface area contributed by atoms with Crippen molar-refractivity contribution < 1.29 is 0 Å². The largest absolute Gasteiger partial charge is 0.319 e. The monoisotopic (exact) mass is 288 g/mol. The SMILES string of the molecule is CCC(N)(CC)c1nc(-c2c(C)cc(C)cc2C)cs1. The van der Waals surface area contributed by atoms with Crippen molar-refractivity contribution in [1.29, 1.82) is 0 Å². The fraction of sp³-hybridized carbons (Fsp3) is 0.471. The van der Waals surface area contributed by atoms with E-state index in [9.17, 15) is 0 Å². The van der Waals surface area contributed by atoms with Gasteiger partial charge in [0, 0.05) is 10.9 Å². The average molecular weight is 288 g/mol. The Kier molecular flexibility index (Phi) is 4.31. The smallest absolute Gasteiger partial charge is 0.113 e. The molecule has 0 atom stereocenters. The number of aromatic nitrogens is 1. The van der Waals surface area contributed by atoms with E-state index in [1.54, 1.807) is 11.3 Å². The van der Waals surface area contributed by atoms with Crippen molar-refractivity contribution in [3.05, 3.63) is 39.2 Å². The second kappa shape index (κ2) is 5.66. The molecule has 0 saturated heterocycles. The molecule has 1 aromatic carbocycles. The average Bonchev–Trinajstić information content (AvgIpc) is 2.86. The van der Waals surface area contributed by atoms with Gasteiger partial charge in [-0.3, -0.25) is 0 Å². The van der Waals surface area contributed by atoms with Gasteiger partial charge < -0.3 is 5.73 Å². The van der Waals surface area contributed by atoms with Crippen molar-refractivity contribution in [2.45, 2.75) is 53.0 Å². The minimum absolute atomic E-state index is 0.282. The summed E-state index contributed by atoms with van der Waals surface area (Å²) in [5.74, 6) is 0. The maximum atomic E-state index is 6.46. The quantitative estimate of drug-likeness (QED) is 0.885. The lowest BCUT2D eigenvalue weighted by Crippen LogP contribution is -2.34. The van der Waals surface area contributed by atoms with Crippen molar-refractivity contribution in [2.75, 3.05) is 0 Å². The first-order valence-electron chi connectivity index (χ1n) is 7.24. The molecule has 0 amide bonds. The van der Waals surface area contributed by atoms with Crippen LogP contribution in [-0.4, -0.2) is 4.98 Å². The predicted octanol–water partition coefficient (Wildman–Crippen LogP) is 4.71. The first kappa shape index (κ1) is 15.2. The Balaban J connectivity index is 2.49. The van der Waals surface area contributed by atoms with Gasteiger partial charge in [-0.05, 0) is 44.7 Å². The van der Waals surface area contributed by atoms with Crippen LogP contribution in [0.5, 0.6) is 0 Å². The summed E-state index contributed by atoms with van der Waals surface area (Å²) in [6, 6.07) is 4.44. The Bertz CT molecular complexity index is 586. The van der Waals surface area contributed by atoms with E-state index >= 15 is 0 Å². The van der Waals surface area contributed by atoms with Gasteiger partial charge >= 0.3 is 0 Å². The first-order chi connectivity index (χ1) is 9.41. The maximum Gasteiger partial charge on any atom is 0.113 e. The lowest BCUT2D eigenvalue weighted by molar-refractivity contribution is 0.411. The molecule has 1 aromatic heterocycles. The molecule has 2 rings (SSSR count). The lowest BCUT2D eigenvalue weighted by atomic mass is 9.95. The van der Waals surface area contributed by atoms with Crippen molar-refractivity contribution in [2.24, 2.45) is 5.73 Å². The van der Waals surface area contributed by atoms with Crippen LogP contribution >= 0.6 is 11.3 Å². The van der Waals surface area contributed by atoms with Gasteiger partial charge in [0.05, 0.1) is 11.2 Å². The number of rotatable bonds is 4. The van der Waals surface area contributed by atoms with Gasteiger partial charge in [0.2, 0.25) is 0 Å². The van der Waals surface area contributed by atoms with Gasteiger partial charge in [0.15, 0.2) is 0 Å². The molecule has 0 spiro atoms. The Hall–Kier alpha value is -1.19. The molecule has 2 N–H and O–H groups in total. The van der Waals surface area contributed by atoms with E-state index in [0.29, 0.717) is 0 Å². The number of benzene rings is 1. The molecule has 0 radical (unpaired) electrons. The number of hydrogen-bond donors (Lipinski definition) is 1. The third-order valence-electron chi connectivity index (χ3n) is 4.13. The molecular weight excluding hydrogens is 264 g/mol. The molecule has 0 saturated carbocycles. The standard InChI is InChI=1S/C17H24N2S/c1-6-17(18,7-2)16-19-14(10-20-16)15-12(4)8-11(3)9-13(15)5/h8-10H,6-7,18H2,1-5H3. The molecule has 0 aliphatic rings. The van der Waals surface area contributed by atoms with Gasteiger partial charge in [-0.15, -0.1) is 11.3 Å². The highest BCUT2D eigenvalue weighted by molar-refractivity contribution is 7.10. The molecule has 0 aliphatic carbocycles. The summed E-state index contributed by atoms with van der Waals surface area (Å²) in [6.07, 6.45) is 1.84. The molecule has 0 unspecified atom stereocenters. The normalized spacial score (nSPS) is 11.9. The minimum atomic E-state index is -0.282. The topological polar surface area (TPSA) is 38.9 Å². The number of aryl methyl sites for hydroxylation is 3. The summed E-state index contributed by atoms with van der Waals surface area (Å²) in [5.41, 5.74) is 12.4. The van der Waals surface area contributed by atoms with Crippen LogP contribution in [0.1, 0.15) is 48.4 Å². The number of nitrogens with two attached hydrogens (primary N) is 1. The van der Waals surface area contributed by atoms with Gasteiger partial charge in [-0.1, -0.05) is 31.5 Å². The van der Waals surface area contributed by atoms with E-state index in [-0.39, 0.29) is 5.54 Å². The molecule has 2 nitrogen and oxygen atoms in total. The number of nitrogens with zero attached hydrogens (tertiary/aromatic N) is 1. The second-order valence-corrected chi connectivity index (χ2v) is 6.53. The zero-order valence-corrected chi connectivity index (χ0v) is 13.9. The number of hydrogen-bond acceptors (Lipinski definition) is 3. The lowest BCUT2D eigenvalue weighted by Gasteiger charge is -2.23. The van der Waals surface area contributed by atoms with Crippen molar-refractivity contribution in [3.63, 3.8) is 0 Å². The summed E-state index contributed by atoms with van der Waals surface area (Å²) >= 11 is 1.69. The van der Waals surface area contributed by atoms with Gasteiger partial charge in [0.1, 0.15) is 5.01 Å². The molecule has 0 aliphatic heterocycles. The fourth-order valence-corrected chi connectivity index (χ4v) is 3.82. The zero-order chi connectivity index (χ0) is 14.9. The van der Waals surface area contributed by atoms with Crippen LogP contribution in [0.2, 0.25) is 0 Å². The van der Waals surface area contributed by atoms with Crippen LogP contribution in [0, 0.1) is 20.8 Å². The third-order valence-corrected chi connectivity index (χ3v) is 5.19. The summed E-state index contributed by atoms with van der Waals surface area (Å²) < 4.78 is 0. The maximum absolute atomic E-state index is 6.46. The molecule has 0 bridgehead atoms. The van der Waals surface area contributed by atoms with E-state index in [1.165, 1.54) is 22.3 Å². The molecule has 1 heterocycles. The zero-order valence-electron chi connectivity index (χ0n) is 13.1. The van der Waals surface area contributed by atoms with E-state index in [0.717, 1.165) is 23.5 Å². The number of thiazole rings is 1. The summed E-state index contributed by atoms with van der Waals surface area (Å²) in [6.45, 7) is 10.7. The van der Waals surface area contributed by atoms with Crippen molar-refractivity contribution in [1.82, 2.24) is 4.98 Å². The minimum Gasteiger partial charge on any atom is -0.319 e. The van der Waals surface area contributed by atoms with Crippen LogP contribution < -0.4 is 5.73 Å². The highest BCUT2D eigenvalue weighted by Crippen LogP contribution is 2.34. The third kappa shape index (κ3) is 2.65. The molecule has 3 heteroatoms. The predicted molar refractivity (Wildman–Crippen MR) is 88.2 cm³/mol. The van der Waals surface area contributed by atoms with E-state index in [1.807, 2.05) is 0 Å². The summed E-state index contributed by atoms with van der Waals surface area (Å²) in [7, 11) is 0. The van der Waals surface area contributed by atoms with Crippen LogP contribution in [-0.2, 0) is 5.54 Å². The fourth-order valence-electron chi connectivity index (χ4n) is 2.75. The van der Waals surface area contributed by atoms with Crippen LogP contribution in [0.25, 0.3) is 11.3 Å². The molecule has 20 heavy (non-hydrogen) atoms. The second-order valence-electron chi connectivity index (χ2n) is 5.67. The van der Waals surface area contributed by atoms with Gasteiger partial charge in [-0.2, -0.15) is 0 Å². The molecule has 0 fully saturated rings. The van der Waals surface area contributed by atoms with Crippen molar-refractivity contribution in [3.8, 4) is 11.3 Å². The summed E-state index contributed by atoms with van der Waals surface area (Å²) in [4.78, 5) is 4.84. The van der Waals surface area contributed by atoms with Gasteiger partial charge in [0.25, 0.3) is 0 Å². The highest BCUT2D eigenvalue weighted by Gasteiger charge is 2.27. The van der Waals surface area contributed by atoms with Crippen molar-refractivity contribution >= 4 is 11.3 Å². The highest BCUT2D eigenvalue weighted by atomic mass is 32.1. The molecule has 108 valence electrons. The Morgan fingerprint density at radius 1 is 1.10 bits per heavy atom. The van der Waals surface area contributed by atoms with Gasteiger partial charge in [-0.25, -0.2) is 4.98 Å². The first-order valence-corrected chi connectivity index (χ1v) is 8.12. The summed E-state index contributed by atoms with van der Waals surface area (Å²) in [5, 5.41) is 3.20. The van der Waals surface area contributed by atoms with E-state index in [2.05, 4.69) is 52.1 Å². The van der Waals surface area contributed by atoms with E-state index < -0.39 is 0 Å². The van der Waals surface area contributed by atoms with Crippen LogP contribution in [0.15, 0.2) is 17.5 Å². The molecule has 2 aromatic rings.